The van der Waals surface area contributed by atoms with Gasteiger partial charge in [0, 0.05) is 58.2 Å². The third-order valence-corrected chi connectivity index (χ3v) is 6.18. The summed E-state index contributed by atoms with van der Waals surface area (Å²) in [6.07, 6.45) is 5.39. The number of benzene rings is 1. The Labute approximate surface area is 203 Å². The minimum atomic E-state index is 0.423. The van der Waals surface area contributed by atoms with Gasteiger partial charge in [0.25, 0.3) is 0 Å². The van der Waals surface area contributed by atoms with Crippen molar-refractivity contribution in [2.24, 2.45) is 0 Å². The van der Waals surface area contributed by atoms with Crippen molar-refractivity contribution in [3.05, 3.63) is 53.9 Å². The Morgan fingerprint density at radius 2 is 1.91 bits per heavy atom. The van der Waals surface area contributed by atoms with E-state index < -0.39 is 0 Å². The zero-order valence-electron chi connectivity index (χ0n) is 19.4. The Hall–Kier alpha value is -3.56. The second kappa shape index (κ2) is 9.36. The van der Waals surface area contributed by atoms with Crippen molar-refractivity contribution in [2.75, 3.05) is 62.5 Å². The smallest absolute Gasteiger partial charge is 0.227 e. The molecule has 0 spiro atoms. The highest BCUT2D eigenvalue weighted by molar-refractivity contribution is 6.32. The van der Waals surface area contributed by atoms with E-state index in [0.29, 0.717) is 16.7 Å². The lowest BCUT2D eigenvalue weighted by molar-refractivity contribution is 0.416. The molecule has 176 valence electrons. The summed E-state index contributed by atoms with van der Waals surface area (Å²) in [5.41, 5.74) is 5.15. The number of nitrogens with zero attached hydrogens (tertiary/aromatic N) is 6. The molecule has 34 heavy (non-hydrogen) atoms. The lowest BCUT2D eigenvalue weighted by Gasteiger charge is -2.30. The number of fused-ring (bicyclic) bond motifs is 1. The first kappa shape index (κ1) is 22.2. The van der Waals surface area contributed by atoms with Crippen molar-refractivity contribution in [3.8, 4) is 17.1 Å². The maximum Gasteiger partial charge on any atom is 0.227 e. The molecule has 9 nitrogen and oxygen atoms in total. The largest absolute Gasteiger partial charge is 0.494 e. The van der Waals surface area contributed by atoms with Crippen molar-refractivity contribution in [1.82, 2.24) is 24.7 Å². The topological polar surface area (TPSA) is 82.8 Å². The molecular formula is C24H27ClN8O. The van der Waals surface area contributed by atoms with E-state index in [1.54, 1.807) is 19.5 Å². The second-order valence-electron chi connectivity index (χ2n) is 8.29. The monoisotopic (exact) mass is 478 g/mol. The summed E-state index contributed by atoms with van der Waals surface area (Å²) in [5.74, 6) is 1.15. The van der Waals surface area contributed by atoms with Crippen molar-refractivity contribution < 1.29 is 4.74 Å². The fourth-order valence-electron chi connectivity index (χ4n) is 4.04. The molecule has 0 atom stereocenters. The van der Waals surface area contributed by atoms with Gasteiger partial charge < -0.3 is 25.2 Å². The Kier molecular flexibility index (Phi) is 6.12. The molecule has 1 saturated heterocycles. The van der Waals surface area contributed by atoms with E-state index in [4.69, 9.17) is 21.3 Å². The number of anilines is 4. The van der Waals surface area contributed by atoms with E-state index in [2.05, 4.69) is 31.6 Å². The molecule has 4 heterocycles. The van der Waals surface area contributed by atoms with E-state index in [1.807, 2.05) is 53.9 Å². The average molecular weight is 479 g/mol. The van der Waals surface area contributed by atoms with Crippen LogP contribution in [0.1, 0.15) is 0 Å². The van der Waals surface area contributed by atoms with Crippen molar-refractivity contribution in [1.29, 1.82) is 0 Å². The van der Waals surface area contributed by atoms with Crippen molar-refractivity contribution in [3.63, 3.8) is 0 Å². The number of piperazine rings is 1. The van der Waals surface area contributed by atoms with Crippen molar-refractivity contribution in [2.45, 2.75) is 0 Å². The second-order valence-corrected chi connectivity index (χ2v) is 8.70. The van der Waals surface area contributed by atoms with E-state index in [0.717, 1.165) is 60.3 Å². The highest BCUT2D eigenvalue weighted by atomic mass is 35.5. The zero-order valence-corrected chi connectivity index (χ0v) is 20.2. The molecule has 0 bridgehead atoms. The molecule has 1 aromatic carbocycles. The molecule has 5 rings (SSSR count). The Morgan fingerprint density at radius 3 is 2.68 bits per heavy atom. The molecule has 0 unspecified atom stereocenters. The summed E-state index contributed by atoms with van der Waals surface area (Å²) in [6.45, 7) is 3.88. The summed E-state index contributed by atoms with van der Waals surface area (Å²) in [7, 11) is 5.66. The SMILES string of the molecule is COc1cc(N2CCNCC2)ccc1Nc1ncc(Cl)c(-c2cnc3ccc(N(C)C)cn23)n1. The predicted molar refractivity (Wildman–Crippen MR) is 137 cm³/mol. The summed E-state index contributed by atoms with van der Waals surface area (Å²) in [4.78, 5) is 18.0. The standard InChI is InChI=1S/C24H27ClN8O/c1-31(2)17-5-7-22-27-14-20(33(22)15-17)23-18(25)13-28-24(30-23)29-19-6-4-16(12-21(19)34-3)32-10-8-26-9-11-32/h4-7,12-15,26H,8-11H2,1-3H3,(H,28,29,30). The van der Waals surface area contributed by atoms with Gasteiger partial charge in [-0.2, -0.15) is 0 Å². The number of hydrogen-bond donors (Lipinski definition) is 2. The van der Waals surface area contributed by atoms with Crippen LogP contribution < -0.4 is 25.2 Å². The molecule has 0 amide bonds. The predicted octanol–water partition coefficient (Wildman–Crippen LogP) is 3.67. The van der Waals surface area contributed by atoms with Crippen LogP contribution in [0.3, 0.4) is 0 Å². The van der Waals surface area contributed by atoms with Crippen LogP contribution in [0.2, 0.25) is 5.02 Å². The maximum atomic E-state index is 6.52. The van der Waals surface area contributed by atoms with Gasteiger partial charge in [0.2, 0.25) is 5.95 Å². The number of halogens is 1. The van der Waals surface area contributed by atoms with Gasteiger partial charge in [-0.05, 0) is 24.3 Å². The van der Waals surface area contributed by atoms with Gasteiger partial charge in [0.15, 0.2) is 0 Å². The van der Waals surface area contributed by atoms with Crippen LogP contribution in [-0.2, 0) is 0 Å². The van der Waals surface area contributed by atoms with Crippen LogP contribution in [0.25, 0.3) is 17.0 Å². The van der Waals surface area contributed by atoms with Gasteiger partial charge in [0.1, 0.15) is 17.1 Å². The van der Waals surface area contributed by atoms with Gasteiger partial charge in [-0.3, -0.25) is 4.40 Å². The Bertz CT molecular complexity index is 1320. The van der Waals surface area contributed by atoms with Gasteiger partial charge >= 0.3 is 0 Å². The van der Waals surface area contributed by atoms with E-state index in [9.17, 15) is 0 Å². The molecule has 4 aromatic rings. The van der Waals surface area contributed by atoms with Gasteiger partial charge in [-0.25, -0.2) is 15.0 Å². The third kappa shape index (κ3) is 4.32. The molecule has 3 aromatic heterocycles. The quantitative estimate of drug-likeness (QED) is 0.434. The number of aromatic nitrogens is 4. The lowest BCUT2D eigenvalue weighted by Crippen LogP contribution is -2.43. The number of nitrogens with one attached hydrogen (secondary N) is 2. The number of hydrogen-bond acceptors (Lipinski definition) is 8. The lowest BCUT2D eigenvalue weighted by atomic mass is 10.2. The van der Waals surface area contributed by atoms with Crippen LogP contribution in [0.4, 0.5) is 23.0 Å². The molecule has 1 aliphatic rings. The van der Waals surface area contributed by atoms with Crippen LogP contribution >= 0.6 is 11.6 Å². The molecular weight excluding hydrogens is 452 g/mol. The fraction of sp³-hybridized carbons (Fsp3) is 0.292. The van der Waals surface area contributed by atoms with Crippen LogP contribution in [-0.4, -0.2) is 66.7 Å². The summed E-state index contributed by atoms with van der Waals surface area (Å²) >= 11 is 6.52. The highest BCUT2D eigenvalue weighted by Crippen LogP contribution is 2.33. The number of rotatable bonds is 6. The molecule has 1 aliphatic heterocycles. The Balaban J connectivity index is 1.47. The summed E-state index contributed by atoms with van der Waals surface area (Å²) in [5, 5.41) is 7.11. The van der Waals surface area contributed by atoms with E-state index in [-0.39, 0.29) is 0 Å². The first-order chi connectivity index (χ1) is 16.5. The number of ether oxygens (including phenoxy) is 1. The molecule has 0 radical (unpaired) electrons. The summed E-state index contributed by atoms with van der Waals surface area (Å²) in [6, 6.07) is 10.1. The first-order valence-electron chi connectivity index (χ1n) is 11.1. The van der Waals surface area contributed by atoms with Crippen LogP contribution in [0.15, 0.2) is 48.9 Å². The Morgan fingerprint density at radius 1 is 1.09 bits per heavy atom. The number of pyridine rings is 1. The molecule has 0 aliphatic carbocycles. The number of methoxy groups -OCH3 is 1. The number of imidazole rings is 1. The molecule has 2 N–H and O–H groups in total. The highest BCUT2D eigenvalue weighted by Gasteiger charge is 2.16. The molecule has 1 fully saturated rings. The fourth-order valence-corrected chi connectivity index (χ4v) is 4.23. The summed E-state index contributed by atoms with van der Waals surface area (Å²) < 4.78 is 7.65. The normalized spacial score (nSPS) is 13.8. The van der Waals surface area contributed by atoms with Crippen LogP contribution in [0, 0.1) is 0 Å². The van der Waals surface area contributed by atoms with Crippen LogP contribution in [0.5, 0.6) is 5.75 Å². The van der Waals surface area contributed by atoms with Crippen molar-refractivity contribution >= 4 is 40.3 Å². The van der Waals surface area contributed by atoms with E-state index in [1.165, 1.54) is 0 Å². The molecule has 10 heteroatoms. The first-order valence-corrected chi connectivity index (χ1v) is 11.5. The van der Waals surface area contributed by atoms with E-state index >= 15 is 0 Å². The van der Waals surface area contributed by atoms with Gasteiger partial charge in [-0.15, -0.1) is 0 Å². The minimum Gasteiger partial charge on any atom is -0.494 e. The van der Waals surface area contributed by atoms with Gasteiger partial charge in [0.05, 0.1) is 41.6 Å². The molecule has 0 saturated carbocycles. The average Bonchev–Trinajstić information content (AvgIpc) is 3.29. The minimum absolute atomic E-state index is 0.423. The van der Waals surface area contributed by atoms with Gasteiger partial charge in [-0.1, -0.05) is 11.6 Å². The maximum absolute atomic E-state index is 6.52. The zero-order chi connectivity index (χ0) is 23.7. The third-order valence-electron chi connectivity index (χ3n) is 5.91.